The van der Waals surface area contributed by atoms with E-state index in [2.05, 4.69) is 39.7 Å². The Morgan fingerprint density at radius 3 is 2.50 bits per heavy atom. The predicted octanol–water partition coefficient (Wildman–Crippen LogP) is 2.97. The predicted molar refractivity (Wildman–Crippen MR) is 110 cm³/mol. The van der Waals surface area contributed by atoms with Crippen LogP contribution in [0.1, 0.15) is 48.2 Å². The molecule has 1 aromatic carbocycles. The van der Waals surface area contributed by atoms with Crippen molar-refractivity contribution in [1.29, 1.82) is 0 Å². The second-order valence-electron chi connectivity index (χ2n) is 8.16. The molecule has 150 valence electrons. The zero-order valence-electron chi connectivity index (χ0n) is 16.9. The molecule has 2 aromatic rings. The molecule has 2 N–H and O–H groups in total. The number of nitrogens with zero attached hydrogens (tertiary/aromatic N) is 3. The van der Waals surface area contributed by atoms with E-state index in [9.17, 15) is 4.79 Å². The van der Waals surface area contributed by atoms with Gasteiger partial charge in [0.05, 0.1) is 12.2 Å². The number of urea groups is 1. The van der Waals surface area contributed by atoms with E-state index in [1.807, 2.05) is 29.8 Å². The quantitative estimate of drug-likeness (QED) is 0.809. The maximum atomic E-state index is 12.4. The maximum Gasteiger partial charge on any atom is 0.315 e. The molecule has 0 unspecified atom stereocenters. The normalized spacial score (nSPS) is 18.2. The Hall–Kier alpha value is -2.34. The lowest BCUT2D eigenvalue weighted by Crippen LogP contribution is -2.48. The summed E-state index contributed by atoms with van der Waals surface area (Å²) >= 11 is 0. The fraction of sp³-hybridized carbons (Fsp3) is 0.545. The Morgan fingerprint density at radius 2 is 1.82 bits per heavy atom. The third kappa shape index (κ3) is 4.55. The first-order chi connectivity index (χ1) is 13.6. The fourth-order valence-electron chi connectivity index (χ4n) is 4.15. The lowest BCUT2D eigenvalue weighted by atomic mass is 10.1. The summed E-state index contributed by atoms with van der Waals surface area (Å²) in [6.07, 6.45) is 4.82. The average Bonchev–Trinajstić information content (AvgIpc) is 3.50. The molecule has 0 spiro atoms. The molecular weight excluding hydrogens is 350 g/mol. The largest absolute Gasteiger partial charge is 0.335 e. The van der Waals surface area contributed by atoms with Gasteiger partial charge in [0.15, 0.2) is 0 Å². The van der Waals surface area contributed by atoms with E-state index in [0.717, 1.165) is 55.5 Å². The third-order valence-corrected chi connectivity index (χ3v) is 6.06. The van der Waals surface area contributed by atoms with Gasteiger partial charge in [-0.2, -0.15) is 5.10 Å². The highest BCUT2D eigenvalue weighted by Gasteiger charge is 2.32. The first-order valence-corrected chi connectivity index (χ1v) is 10.5. The summed E-state index contributed by atoms with van der Waals surface area (Å²) in [6.45, 7) is 7.57. The van der Waals surface area contributed by atoms with Gasteiger partial charge in [-0.15, -0.1) is 0 Å². The van der Waals surface area contributed by atoms with E-state index in [1.165, 1.54) is 18.4 Å². The van der Waals surface area contributed by atoms with Crippen LogP contribution in [0, 0.1) is 13.8 Å². The van der Waals surface area contributed by atoms with E-state index in [1.54, 1.807) is 0 Å². The number of likely N-dealkylation sites (tertiary alicyclic amines) is 1. The number of rotatable bonds is 6. The highest BCUT2D eigenvalue weighted by Crippen LogP contribution is 2.29. The zero-order valence-corrected chi connectivity index (χ0v) is 16.9. The number of carbonyl (C=O) groups excluding carboxylic acids is 1. The molecule has 1 aromatic heterocycles. The first kappa shape index (κ1) is 19.0. The monoisotopic (exact) mass is 381 g/mol. The van der Waals surface area contributed by atoms with Crippen LogP contribution in [0.15, 0.2) is 30.3 Å². The Kier molecular flexibility index (Phi) is 5.67. The van der Waals surface area contributed by atoms with Crippen molar-refractivity contribution in [3.63, 3.8) is 0 Å². The molecule has 2 aliphatic rings. The minimum absolute atomic E-state index is 0.0699. The van der Waals surface area contributed by atoms with Crippen molar-refractivity contribution >= 4 is 6.03 Å². The van der Waals surface area contributed by atoms with Crippen LogP contribution in [0.25, 0.3) is 0 Å². The van der Waals surface area contributed by atoms with Crippen LogP contribution in [0.2, 0.25) is 0 Å². The van der Waals surface area contributed by atoms with Crippen LogP contribution in [-0.2, 0) is 13.1 Å². The molecule has 1 aliphatic carbocycles. The summed E-state index contributed by atoms with van der Waals surface area (Å²) in [4.78, 5) is 14.9. The Morgan fingerprint density at radius 1 is 1.11 bits per heavy atom. The van der Waals surface area contributed by atoms with E-state index in [-0.39, 0.29) is 12.1 Å². The van der Waals surface area contributed by atoms with Crippen molar-refractivity contribution in [2.45, 2.75) is 64.7 Å². The van der Waals surface area contributed by atoms with Crippen molar-refractivity contribution in [3.05, 3.63) is 52.8 Å². The average molecular weight is 382 g/mol. The standard InChI is InChI=1S/C22H31N5O/c1-16-21(17(2)27(25-16)15-18-6-4-3-5-7-18)14-23-22(28)24-19-10-12-26(13-11-19)20-8-9-20/h3-7,19-20H,8-15H2,1-2H3,(H2,23,24,28). The number of benzene rings is 1. The lowest BCUT2D eigenvalue weighted by Gasteiger charge is -2.32. The topological polar surface area (TPSA) is 62.2 Å². The molecule has 2 fully saturated rings. The van der Waals surface area contributed by atoms with E-state index < -0.39 is 0 Å². The minimum Gasteiger partial charge on any atom is -0.335 e. The molecule has 1 aliphatic heterocycles. The third-order valence-electron chi connectivity index (χ3n) is 6.06. The van der Waals surface area contributed by atoms with Gasteiger partial charge in [-0.3, -0.25) is 4.68 Å². The summed E-state index contributed by atoms with van der Waals surface area (Å²) in [5.74, 6) is 0. The Balaban J connectivity index is 1.27. The van der Waals surface area contributed by atoms with Crippen LogP contribution >= 0.6 is 0 Å². The van der Waals surface area contributed by atoms with Gasteiger partial charge in [0.2, 0.25) is 0 Å². The van der Waals surface area contributed by atoms with Gasteiger partial charge in [0, 0.05) is 43.0 Å². The molecule has 2 heterocycles. The molecule has 0 atom stereocenters. The van der Waals surface area contributed by atoms with Crippen molar-refractivity contribution < 1.29 is 4.79 Å². The van der Waals surface area contributed by atoms with Crippen molar-refractivity contribution in [2.75, 3.05) is 13.1 Å². The SMILES string of the molecule is Cc1nn(Cc2ccccc2)c(C)c1CNC(=O)NC1CCN(C2CC2)CC1. The Bertz CT molecular complexity index is 804. The summed E-state index contributed by atoms with van der Waals surface area (Å²) < 4.78 is 2.02. The summed E-state index contributed by atoms with van der Waals surface area (Å²) in [5.41, 5.74) is 4.42. The molecule has 1 saturated carbocycles. The van der Waals surface area contributed by atoms with Gasteiger partial charge in [-0.1, -0.05) is 30.3 Å². The van der Waals surface area contributed by atoms with Gasteiger partial charge in [0.1, 0.15) is 0 Å². The number of carbonyl (C=O) groups is 1. The Labute approximate surface area is 167 Å². The highest BCUT2D eigenvalue weighted by molar-refractivity contribution is 5.74. The van der Waals surface area contributed by atoms with E-state index >= 15 is 0 Å². The number of hydrogen-bond donors (Lipinski definition) is 2. The lowest BCUT2D eigenvalue weighted by molar-refractivity contribution is 0.186. The number of piperidine rings is 1. The molecule has 2 amide bonds. The number of amides is 2. The summed E-state index contributed by atoms with van der Waals surface area (Å²) in [6, 6.07) is 11.4. The van der Waals surface area contributed by atoms with Crippen LogP contribution in [-0.4, -0.2) is 45.9 Å². The van der Waals surface area contributed by atoms with Crippen LogP contribution in [0.5, 0.6) is 0 Å². The minimum atomic E-state index is -0.0699. The number of nitrogens with one attached hydrogen (secondary N) is 2. The molecule has 6 heteroatoms. The van der Waals surface area contributed by atoms with E-state index in [0.29, 0.717) is 6.54 Å². The number of hydrogen-bond acceptors (Lipinski definition) is 3. The first-order valence-electron chi connectivity index (χ1n) is 10.5. The smallest absolute Gasteiger partial charge is 0.315 e. The number of aromatic nitrogens is 2. The van der Waals surface area contributed by atoms with E-state index in [4.69, 9.17) is 0 Å². The van der Waals surface area contributed by atoms with Crippen molar-refractivity contribution in [1.82, 2.24) is 25.3 Å². The van der Waals surface area contributed by atoms with Gasteiger partial charge in [-0.05, 0) is 45.1 Å². The molecule has 28 heavy (non-hydrogen) atoms. The van der Waals surface area contributed by atoms with Gasteiger partial charge in [-0.25, -0.2) is 4.79 Å². The van der Waals surface area contributed by atoms with Crippen molar-refractivity contribution in [2.24, 2.45) is 0 Å². The molecule has 0 radical (unpaired) electrons. The molecule has 6 nitrogen and oxygen atoms in total. The van der Waals surface area contributed by atoms with Gasteiger partial charge in [0.25, 0.3) is 0 Å². The summed E-state index contributed by atoms with van der Waals surface area (Å²) in [5, 5.41) is 10.9. The second kappa shape index (κ2) is 8.35. The zero-order chi connectivity index (χ0) is 19.5. The van der Waals surface area contributed by atoms with Crippen molar-refractivity contribution in [3.8, 4) is 0 Å². The van der Waals surface area contributed by atoms with Gasteiger partial charge < -0.3 is 15.5 Å². The maximum absolute atomic E-state index is 12.4. The van der Waals surface area contributed by atoms with Crippen LogP contribution < -0.4 is 10.6 Å². The van der Waals surface area contributed by atoms with Gasteiger partial charge >= 0.3 is 6.03 Å². The van der Waals surface area contributed by atoms with Crippen LogP contribution in [0.4, 0.5) is 4.79 Å². The van der Waals surface area contributed by atoms with Crippen LogP contribution in [0.3, 0.4) is 0 Å². The molecular formula is C22H31N5O. The second-order valence-corrected chi connectivity index (χ2v) is 8.16. The molecule has 4 rings (SSSR count). The fourth-order valence-corrected chi connectivity index (χ4v) is 4.15. The molecule has 0 bridgehead atoms. The highest BCUT2D eigenvalue weighted by atomic mass is 16.2. The summed E-state index contributed by atoms with van der Waals surface area (Å²) in [7, 11) is 0. The number of aryl methyl sites for hydroxylation is 1. The molecule has 1 saturated heterocycles.